The maximum Gasteiger partial charge on any atom is 0.156 e. The van der Waals surface area contributed by atoms with Gasteiger partial charge in [0.2, 0.25) is 0 Å². The van der Waals surface area contributed by atoms with Crippen LogP contribution in [-0.4, -0.2) is 33.3 Å². The molecule has 0 atom stereocenters. The standard InChI is InChI=1S/C12H17N5/c1-9-11(4-6-13-3)10(2)17(16-9)12-5-7-14-8-15-12/h5,7-8,13H,4,6H2,1-3H3. The number of nitrogens with zero attached hydrogens (tertiary/aromatic N) is 4. The van der Waals surface area contributed by atoms with Crippen LogP contribution in [0.1, 0.15) is 17.0 Å². The first kappa shape index (κ1) is 11.7. The van der Waals surface area contributed by atoms with Crippen molar-refractivity contribution in [3.05, 3.63) is 35.5 Å². The Labute approximate surface area is 101 Å². The molecule has 0 aromatic carbocycles. The minimum atomic E-state index is 0.816. The molecule has 0 aliphatic heterocycles. The van der Waals surface area contributed by atoms with Crippen molar-refractivity contribution in [2.75, 3.05) is 13.6 Å². The predicted molar refractivity (Wildman–Crippen MR) is 66.3 cm³/mol. The summed E-state index contributed by atoms with van der Waals surface area (Å²) in [6.45, 7) is 5.07. The molecular weight excluding hydrogens is 214 g/mol. The van der Waals surface area contributed by atoms with E-state index in [0.717, 1.165) is 30.2 Å². The first-order valence-corrected chi connectivity index (χ1v) is 5.70. The van der Waals surface area contributed by atoms with Gasteiger partial charge in [0.15, 0.2) is 5.82 Å². The molecule has 2 rings (SSSR count). The molecule has 2 aromatic rings. The Bertz CT molecular complexity index is 489. The monoisotopic (exact) mass is 231 g/mol. The summed E-state index contributed by atoms with van der Waals surface area (Å²) >= 11 is 0. The van der Waals surface area contributed by atoms with Gasteiger partial charge in [-0.15, -0.1) is 0 Å². The van der Waals surface area contributed by atoms with Gasteiger partial charge in [-0.05, 0) is 39.4 Å². The van der Waals surface area contributed by atoms with Gasteiger partial charge in [0, 0.05) is 18.0 Å². The molecule has 0 aliphatic rings. The number of rotatable bonds is 4. The van der Waals surface area contributed by atoms with Crippen molar-refractivity contribution in [3.63, 3.8) is 0 Å². The summed E-state index contributed by atoms with van der Waals surface area (Å²) < 4.78 is 1.88. The zero-order valence-electron chi connectivity index (χ0n) is 10.4. The smallest absolute Gasteiger partial charge is 0.156 e. The average Bonchev–Trinajstić information content (AvgIpc) is 2.64. The Kier molecular flexibility index (Phi) is 3.49. The highest BCUT2D eigenvalue weighted by Crippen LogP contribution is 2.16. The first-order chi connectivity index (χ1) is 8.24. The van der Waals surface area contributed by atoms with E-state index >= 15 is 0 Å². The Morgan fingerprint density at radius 3 is 2.82 bits per heavy atom. The van der Waals surface area contributed by atoms with E-state index in [1.165, 1.54) is 5.56 Å². The largest absolute Gasteiger partial charge is 0.319 e. The van der Waals surface area contributed by atoms with Crippen molar-refractivity contribution in [1.82, 2.24) is 25.1 Å². The van der Waals surface area contributed by atoms with E-state index in [1.54, 1.807) is 12.5 Å². The van der Waals surface area contributed by atoms with Gasteiger partial charge in [-0.3, -0.25) is 0 Å². The van der Waals surface area contributed by atoms with Crippen molar-refractivity contribution in [2.45, 2.75) is 20.3 Å². The molecule has 17 heavy (non-hydrogen) atoms. The van der Waals surface area contributed by atoms with E-state index < -0.39 is 0 Å². The second-order valence-electron chi connectivity index (χ2n) is 3.98. The number of hydrogen-bond donors (Lipinski definition) is 1. The van der Waals surface area contributed by atoms with Crippen molar-refractivity contribution in [2.24, 2.45) is 0 Å². The average molecular weight is 231 g/mol. The van der Waals surface area contributed by atoms with Gasteiger partial charge >= 0.3 is 0 Å². The maximum absolute atomic E-state index is 4.53. The van der Waals surface area contributed by atoms with Gasteiger partial charge in [0.05, 0.1) is 5.69 Å². The molecule has 0 fully saturated rings. The van der Waals surface area contributed by atoms with E-state index in [4.69, 9.17) is 0 Å². The van der Waals surface area contributed by atoms with Crippen LogP contribution >= 0.6 is 0 Å². The highest BCUT2D eigenvalue weighted by atomic mass is 15.3. The third-order valence-corrected chi connectivity index (χ3v) is 2.85. The van der Waals surface area contributed by atoms with Crippen molar-refractivity contribution in [1.29, 1.82) is 0 Å². The normalized spacial score (nSPS) is 10.8. The minimum Gasteiger partial charge on any atom is -0.319 e. The van der Waals surface area contributed by atoms with Crippen LogP contribution in [0.3, 0.4) is 0 Å². The summed E-state index contributed by atoms with van der Waals surface area (Å²) in [5.74, 6) is 0.816. The molecule has 1 N–H and O–H groups in total. The molecular formula is C12H17N5. The second kappa shape index (κ2) is 5.05. The molecule has 5 nitrogen and oxygen atoms in total. The fourth-order valence-corrected chi connectivity index (χ4v) is 1.92. The number of likely N-dealkylation sites (N-methyl/N-ethyl adjacent to an activating group) is 1. The number of hydrogen-bond acceptors (Lipinski definition) is 4. The fraction of sp³-hybridized carbons (Fsp3) is 0.417. The zero-order valence-corrected chi connectivity index (χ0v) is 10.4. The topological polar surface area (TPSA) is 55.6 Å². The lowest BCUT2D eigenvalue weighted by Crippen LogP contribution is -2.11. The van der Waals surface area contributed by atoms with Gasteiger partial charge in [-0.1, -0.05) is 0 Å². The SMILES string of the molecule is CNCCc1c(C)nn(-c2ccncn2)c1C. The molecule has 0 aliphatic carbocycles. The predicted octanol–water partition coefficient (Wildman–Crippen LogP) is 1.04. The van der Waals surface area contributed by atoms with Crippen LogP contribution in [0.4, 0.5) is 0 Å². The number of aryl methyl sites for hydroxylation is 1. The maximum atomic E-state index is 4.53. The van der Waals surface area contributed by atoms with Gasteiger partial charge in [-0.25, -0.2) is 14.6 Å². The Morgan fingerprint density at radius 2 is 2.18 bits per heavy atom. The van der Waals surface area contributed by atoms with Crippen LogP contribution in [0, 0.1) is 13.8 Å². The summed E-state index contributed by atoms with van der Waals surface area (Å²) in [5, 5.41) is 7.69. The van der Waals surface area contributed by atoms with Crippen molar-refractivity contribution >= 4 is 0 Å². The molecule has 2 heterocycles. The quantitative estimate of drug-likeness (QED) is 0.854. The van der Waals surface area contributed by atoms with E-state index in [2.05, 4.69) is 27.3 Å². The Balaban J connectivity index is 2.37. The molecule has 0 saturated heterocycles. The lowest BCUT2D eigenvalue weighted by Gasteiger charge is -2.03. The van der Waals surface area contributed by atoms with Crippen LogP contribution < -0.4 is 5.32 Å². The van der Waals surface area contributed by atoms with E-state index in [-0.39, 0.29) is 0 Å². The van der Waals surface area contributed by atoms with Crippen LogP contribution in [0.5, 0.6) is 0 Å². The fourth-order valence-electron chi connectivity index (χ4n) is 1.92. The van der Waals surface area contributed by atoms with Crippen LogP contribution in [0.15, 0.2) is 18.6 Å². The summed E-state index contributed by atoms with van der Waals surface area (Å²) in [4.78, 5) is 8.14. The molecule has 5 heteroatoms. The lowest BCUT2D eigenvalue weighted by atomic mass is 10.1. The zero-order chi connectivity index (χ0) is 12.3. The van der Waals surface area contributed by atoms with Crippen LogP contribution in [0.2, 0.25) is 0 Å². The molecule has 0 saturated carbocycles. The highest BCUT2D eigenvalue weighted by molar-refractivity contribution is 5.31. The van der Waals surface area contributed by atoms with Crippen LogP contribution in [0.25, 0.3) is 5.82 Å². The molecule has 0 radical (unpaired) electrons. The highest BCUT2D eigenvalue weighted by Gasteiger charge is 2.12. The molecule has 2 aromatic heterocycles. The first-order valence-electron chi connectivity index (χ1n) is 5.70. The van der Waals surface area contributed by atoms with Gasteiger partial charge in [0.1, 0.15) is 6.33 Å². The van der Waals surface area contributed by atoms with Gasteiger partial charge < -0.3 is 5.32 Å². The summed E-state index contributed by atoms with van der Waals surface area (Å²) in [5.41, 5.74) is 3.51. The summed E-state index contributed by atoms with van der Waals surface area (Å²) in [6.07, 6.45) is 4.25. The van der Waals surface area contributed by atoms with Gasteiger partial charge in [-0.2, -0.15) is 5.10 Å². The lowest BCUT2D eigenvalue weighted by molar-refractivity contribution is 0.779. The van der Waals surface area contributed by atoms with Gasteiger partial charge in [0.25, 0.3) is 0 Å². The second-order valence-corrected chi connectivity index (χ2v) is 3.98. The molecule has 0 unspecified atom stereocenters. The van der Waals surface area contributed by atoms with E-state index in [0.29, 0.717) is 0 Å². The minimum absolute atomic E-state index is 0.816. The number of nitrogens with one attached hydrogen (secondary N) is 1. The van der Waals surface area contributed by atoms with E-state index in [9.17, 15) is 0 Å². The van der Waals surface area contributed by atoms with E-state index in [1.807, 2.05) is 24.7 Å². The van der Waals surface area contributed by atoms with Crippen molar-refractivity contribution in [3.8, 4) is 5.82 Å². The Hall–Kier alpha value is -1.75. The third kappa shape index (κ3) is 2.34. The molecule has 0 bridgehead atoms. The summed E-state index contributed by atoms with van der Waals surface area (Å²) in [6, 6.07) is 1.86. The summed E-state index contributed by atoms with van der Waals surface area (Å²) in [7, 11) is 1.96. The Morgan fingerprint density at radius 1 is 1.35 bits per heavy atom. The number of aromatic nitrogens is 4. The third-order valence-electron chi connectivity index (χ3n) is 2.85. The van der Waals surface area contributed by atoms with Crippen LogP contribution in [-0.2, 0) is 6.42 Å². The molecule has 90 valence electrons. The van der Waals surface area contributed by atoms with Crippen molar-refractivity contribution < 1.29 is 0 Å². The molecule has 0 amide bonds. The molecule has 0 spiro atoms.